The number of carboxylic acids is 1. The van der Waals surface area contributed by atoms with Gasteiger partial charge in [0, 0.05) is 11.1 Å². The molecule has 0 aliphatic rings. The van der Waals surface area contributed by atoms with Gasteiger partial charge in [-0.05, 0) is 31.9 Å². The minimum Gasteiger partial charge on any atom is -0.545 e. The third-order valence-electron chi connectivity index (χ3n) is 3.38. The summed E-state index contributed by atoms with van der Waals surface area (Å²) in [6.45, 7) is 6.61. The van der Waals surface area contributed by atoms with E-state index < -0.39 is 5.97 Å². The maximum atomic E-state index is 10.6. The number of benzene rings is 2. The number of hydrogen-bond donors (Lipinski definition) is 0. The largest absolute Gasteiger partial charge is 0.545 e. The number of hydrogen-bond acceptors (Lipinski definition) is 2. The van der Waals surface area contributed by atoms with Crippen molar-refractivity contribution in [3.05, 3.63) is 70.3 Å². The van der Waals surface area contributed by atoms with Crippen molar-refractivity contribution in [1.82, 2.24) is 0 Å². The minimum atomic E-state index is -1.09. The van der Waals surface area contributed by atoms with E-state index in [1.54, 1.807) is 13.8 Å². The Labute approximate surface area is 139 Å². The van der Waals surface area contributed by atoms with E-state index in [1.807, 2.05) is 19.1 Å². The Balaban J connectivity index is 0.000000231. The van der Waals surface area contributed by atoms with Crippen molar-refractivity contribution < 1.29 is 14.4 Å². The molecule has 0 amide bonds. The quantitative estimate of drug-likeness (QED) is 0.818. The van der Waals surface area contributed by atoms with Gasteiger partial charge in [-0.25, -0.2) is 0 Å². The summed E-state index contributed by atoms with van der Waals surface area (Å²) >= 11 is 0. The maximum absolute atomic E-state index is 10.6. The van der Waals surface area contributed by atoms with Gasteiger partial charge in [0.1, 0.15) is 6.54 Å². The summed E-state index contributed by atoms with van der Waals surface area (Å²) in [5.41, 5.74) is 4.34. The van der Waals surface area contributed by atoms with Crippen LogP contribution in [0, 0.1) is 20.8 Å². The van der Waals surface area contributed by atoms with Gasteiger partial charge in [0.25, 0.3) is 0 Å². The molecule has 2 rings (SSSR count). The highest BCUT2D eigenvalue weighted by Crippen LogP contribution is 2.14. The molecule has 0 aliphatic heterocycles. The third kappa shape index (κ3) is 6.66. The van der Waals surface area contributed by atoms with E-state index in [-0.39, 0.29) is 0 Å². The topological polar surface area (TPSA) is 40.1 Å². The average Bonchev–Trinajstić information content (AvgIpc) is 2.36. The van der Waals surface area contributed by atoms with Crippen LogP contribution < -0.4 is 5.11 Å². The predicted octanol–water partition coefficient (Wildman–Crippen LogP) is 2.87. The standard InChI is InChI=1S/C10H16N.C10H12O2/c1-11(2,3)9-10-7-5-4-6-8-10;1-6-4-7(2)9(10(11)12)8(3)5-6/h4-8H,9H2,1-3H3;4-5H,1-3H3,(H,11,12)/q+1;/p-1. The van der Waals surface area contributed by atoms with Crippen molar-refractivity contribution >= 4 is 5.97 Å². The molecule has 0 unspecified atom stereocenters. The van der Waals surface area contributed by atoms with Crippen LogP contribution in [0.15, 0.2) is 42.5 Å². The fraction of sp³-hybridized carbons (Fsp3) is 0.350. The summed E-state index contributed by atoms with van der Waals surface area (Å²) in [5, 5.41) is 10.6. The fourth-order valence-electron chi connectivity index (χ4n) is 2.63. The Morgan fingerprint density at radius 2 is 1.43 bits per heavy atom. The second-order valence-electron chi connectivity index (χ2n) is 7.00. The van der Waals surface area contributed by atoms with E-state index in [2.05, 4.69) is 51.5 Å². The number of aromatic carboxylic acids is 1. The first-order valence-electron chi connectivity index (χ1n) is 7.74. The SMILES string of the molecule is C[N+](C)(C)Cc1ccccc1.Cc1cc(C)c(C(=O)[O-])c(C)c1. The molecule has 0 saturated heterocycles. The number of rotatable bonds is 3. The summed E-state index contributed by atoms with van der Waals surface area (Å²) in [5.74, 6) is -1.09. The molecule has 0 aromatic heterocycles. The van der Waals surface area contributed by atoms with Crippen LogP contribution in [-0.2, 0) is 6.54 Å². The van der Waals surface area contributed by atoms with Crippen LogP contribution in [0.4, 0.5) is 0 Å². The van der Waals surface area contributed by atoms with Crippen LogP contribution in [0.2, 0.25) is 0 Å². The smallest absolute Gasteiger partial charge is 0.104 e. The molecule has 3 heteroatoms. The highest BCUT2D eigenvalue weighted by atomic mass is 16.4. The zero-order valence-electron chi connectivity index (χ0n) is 15.0. The van der Waals surface area contributed by atoms with Gasteiger partial charge >= 0.3 is 0 Å². The summed E-state index contributed by atoms with van der Waals surface area (Å²) in [7, 11) is 6.60. The highest BCUT2D eigenvalue weighted by Gasteiger charge is 2.06. The molecule has 0 aliphatic carbocycles. The molecule has 0 fully saturated rings. The molecule has 0 bridgehead atoms. The molecule has 124 valence electrons. The summed E-state index contributed by atoms with van der Waals surface area (Å²) in [4.78, 5) is 10.6. The number of carbonyl (C=O) groups is 1. The Bertz CT molecular complexity index is 632. The van der Waals surface area contributed by atoms with E-state index in [9.17, 15) is 9.90 Å². The van der Waals surface area contributed by atoms with Gasteiger partial charge in [-0.3, -0.25) is 0 Å². The van der Waals surface area contributed by atoms with Gasteiger partial charge in [-0.15, -0.1) is 0 Å². The lowest BCUT2D eigenvalue weighted by Crippen LogP contribution is -2.33. The molecule has 0 radical (unpaired) electrons. The fourth-order valence-corrected chi connectivity index (χ4v) is 2.63. The van der Waals surface area contributed by atoms with E-state index in [4.69, 9.17) is 0 Å². The molecular weight excluding hydrogens is 286 g/mol. The molecule has 2 aromatic rings. The van der Waals surface area contributed by atoms with E-state index >= 15 is 0 Å². The molecule has 23 heavy (non-hydrogen) atoms. The first-order chi connectivity index (χ1) is 10.6. The summed E-state index contributed by atoms with van der Waals surface area (Å²) in [6.07, 6.45) is 0. The third-order valence-corrected chi connectivity index (χ3v) is 3.38. The minimum absolute atomic E-state index is 0.320. The summed E-state index contributed by atoms with van der Waals surface area (Å²) in [6, 6.07) is 14.3. The van der Waals surface area contributed by atoms with Gasteiger partial charge in [0.15, 0.2) is 0 Å². The number of carboxylic acid groups (broad SMARTS) is 1. The Morgan fingerprint density at radius 1 is 0.957 bits per heavy atom. The summed E-state index contributed by atoms with van der Waals surface area (Å²) < 4.78 is 0.990. The van der Waals surface area contributed by atoms with Gasteiger partial charge in [0.05, 0.1) is 27.1 Å². The van der Waals surface area contributed by atoms with Crippen LogP contribution in [0.3, 0.4) is 0 Å². The predicted molar refractivity (Wildman–Crippen MR) is 93.2 cm³/mol. The van der Waals surface area contributed by atoms with Gasteiger partial charge in [-0.1, -0.05) is 48.0 Å². The first-order valence-corrected chi connectivity index (χ1v) is 7.74. The Kier molecular flexibility index (Phi) is 6.52. The van der Waals surface area contributed by atoms with Crippen LogP contribution in [0.1, 0.15) is 32.6 Å². The van der Waals surface area contributed by atoms with Crippen LogP contribution >= 0.6 is 0 Å². The molecular formula is C20H27NO2. The van der Waals surface area contributed by atoms with Gasteiger partial charge < -0.3 is 14.4 Å². The van der Waals surface area contributed by atoms with Crippen molar-refractivity contribution in [2.75, 3.05) is 21.1 Å². The lowest BCUT2D eigenvalue weighted by atomic mass is 10.0. The Hall–Kier alpha value is -2.13. The van der Waals surface area contributed by atoms with Crippen molar-refractivity contribution in [2.45, 2.75) is 27.3 Å². The lowest BCUT2D eigenvalue weighted by Gasteiger charge is -2.23. The molecule has 0 N–H and O–H groups in total. The number of nitrogens with zero attached hydrogens (tertiary/aromatic N) is 1. The van der Waals surface area contributed by atoms with Gasteiger partial charge in [-0.2, -0.15) is 0 Å². The number of quaternary nitrogens is 1. The monoisotopic (exact) mass is 313 g/mol. The second kappa shape index (κ2) is 7.93. The number of aryl methyl sites for hydroxylation is 3. The molecule has 0 atom stereocenters. The molecule has 2 aromatic carbocycles. The molecule has 3 nitrogen and oxygen atoms in total. The zero-order valence-corrected chi connectivity index (χ0v) is 15.0. The molecule has 0 heterocycles. The zero-order chi connectivity index (χ0) is 17.6. The lowest BCUT2D eigenvalue weighted by molar-refractivity contribution is -0.884. The van der Waals surface area contributed by atoms with Crippen LogP contribution in [0.5, 0.6) is 0 Å². The average molecular weight is 313 g/mol. The Morgan fingerprint density at radius 3 is 1.83 bits per heavy atom. The highest BCUT2D eigenvalue weighted by molar-refractivity contribution is 5.89. The van der Waals surface area contributed by atoms with Crippen molar-refractivity contribution in [3.8, 4) is 0 Å². The van der Waals surface area contributed by atoms with Crippen LogP contribution in [0.25, 0.3) is 0 Å². The normalized spacial score (nSPS) is 10.7. The second-order valence-corrected chi connectivity index (χ2v) is 7.00. The van der Waals surface area contributed by atoms with Crippen LogP contribution in [-0.4, -0.2) is 31.6 Å². The van der Waals surface area contributed by atoms with Crippen molar-refractivity contribution in [3.63, 3.8) is 0 Å². The number of carbonyl (C=O) groups excluding carboxylic acids is 1. The van der Waals surface area contributed by atoms with E-state index in [0.29, 0.717) is 5.56 Å². The van der Waals surface area contributed by atoms with Crippen molar-refractivity contribution in [1.29, 1.82) is 0 Å². The first kappa shape index (κ1) is 18.9. The van der Waals surface area contributed by atoms with Gasteiger partial charge in [0.2, 0.25) is 0 Å². The van der Waals surface area contributed by atoms with E-state index in [0.717, 1.165) is 27.7 Å². The molecule has 0 spiro atoms. The van der Waals surface area contributed by atoms with Crippen molar-refractivity contribution in [2.24, 2.45) is 0 Å². The van der Waals surface area contributed by atoms with E-state index in [1.165, 1.54) is 5.56 Å². The molecule has 0 saturated carbocycles. The maximum Gasteiger partial charge on any atom is 0.104 e.